The molecule has 0 spiro atoms. The van der Waals surface area contributed by atoms with Gasteiger partial charge in [0.15, 0.2) is 0 Å². The van der Waals surface area contributed by atoms with Crippen molar-refractivity contribution < 1.29 is 0 Å². The zero-order valence-electron chi connectivity index (χ0n) is 8.76. The van der Waals surface area contributed by atoms with E-state index in [1.807, 2.05) is 24.3 Å². The van der Waals surface area contributed by atoms with Crippen LogP contribution in [0.2, 0.25) is 5.02 Å². The van der Waals surface area contributed by atoms with Crippen LogP contribution in [0.15, 0.2) is 30.3 Å². The van der Waals surface area contributed by atoms with Gasteiger partial charge in [-0.05, 0) is 37.0 Å². The number of rotatable bonds is 6. The molecule has 0 amide bonds. The third kappa shape index (κ3) is 6.01. The molecule has 1 rings (SSSR count). The van der Waals surface area contributed by atoms with E-state index in [1.165, 1.54) is 24.8 Å². The number of benzene rings is 1. The maximum Gasteiger partial charge on any atom is 0.0406 e. The second-order valence-electron chi connectivity index (χ2n) is 3.49. The van der Waals surface area contributed by atoms with E-state index in [0.29, 0.717) is 0 Å². The molecule has 0 aliphatic carbocycles. The summed E-state index contributed by atoms with van der Waals surface area (Å²) in [4.78, 5) is 0. The molecule has 0 N–H and O–H groups in total. The molecule has 0 aliphatic rings. The van der Waals surface area contributed by atoms with Crippen LogP contribution in [0.3, 0.4) is 0 Å². The van der Waals surface area contributed by atoms with Gasteiger partial charge in [0.25, 0.3) is 0 Å². The lowest BCUT2D eigenvalue weighted by Gasteiger charge is -1.95. The summed E-state index contributed by atoms with van der Waals surface area (Å²) in [6, 6.07) is 7.92. The number of halogens is 2. The van der Waals surface area contributed by atoms with Crippen LogP contribution in [0.5, 0.6) is 0 Å². The highest BCUT2D eigenvalue weighted by Gasteiger charge is 1.88. The highest BCUT2D eigenvalue weighted by molar-refractivity contribution is 9.09. The quantitative estimate of drug-likeness (QED) is 0.491. The largest absolute Gasteiger partial charge is 0.0928 e. The van der Waals surface area contributed by atoms with Gasteiger partial charge in [-0.15, -0.1) is 0 Å². The third-order valence-electron chi connectivity index (χ3n) is 2.18. The van der Waals surface area contributed by atoms with Crippen LogP contribution in [0, 0.1) is 0 Å². The van der Waals surface area contributed by atoms with Gasteiger partial charge in [0.2, 0.25) is 0 Å². The normalized spacial score (nSPS) is 11.1. The smallest absolute Gasteiger partial charge is 0.0406 e. The van der Waals surface area contributed by atoms with Crippen LogP contribution >= 0.6 is 27.5 Å². The van der Waals surface area contributed by atoms with E-state index in [2.05, 4.69) is 28.1 Å². The third-order valence-corrected chi connectivity index (χ3v) is 3.00. The van der Waals surface area contributed by atoms with Crippen molar-refractivity contribution in [2.45, 2.75) is 25.7 Å². The highest BCUT2D eigenvalue weighted by atomic mass is 79.9. The molecule has 2 heteroatoms. The Morgan fingerprint density at radius 1 is 1.07 bits per heavy atom. The molecule has 15 heavy (non-hydrogen) atoms. The highest BCUT2D eigenvalue weighted by Crippen LogP contribution is 2.11. The zero-order valence-corrected chi connectivity index (χ0v) is 11.1. The van der Waals surface area contributed by atoms with E-state index in [0.717, 1.165) is 16.8 Å². The minimum Gasteiger partial charge on any atom is -0.0928 e. The molecule has 0 radical (unpaired) electrons. The molecular formula is C13H16BrCl. The van der Waals surface area contributed by atoms with Crippen molar-refractivity contribution in [2.24, 2.45) is 0 Å². The second-order valence-corrected chi connectivity index (χ2v) is 4.72. The molecule has 1 aromatic carbocycles. The molecule has 0 aromatic heterocycles. The fourth-order valence-electron chi connectivity index (χ4n) is 1.33. The molecule has 0 saturated heterocycles. The molecule has 0 unspecified atom stereocenters. The standard InChI is InChI=1S/C13H16BrCl/c14-11-5-3-1-2-4-6-12-7-9-13(15)10-8-12/h4,6-10H,1-3,5,11H2/b6-4-. The fraction of sp³-hybridized carbons (Fsp3) is 0.385. The number of allylic oxidation sites excluding steroid dienone is 1. The summed E-state index contributed by atoms with van der Waals surface area (Å²) in [7, 11) is 0. The fourth-order valence-corrected chi connectivity index (χ4v) is 1.85. The molecule has 0 nitrogen and oxygen atoms in total. The van der Waals surface area contributed by atoms with Gasteiger partial charge in [-0.2, -0.15) is 0 Å². The van der Waals surface area contributed by atoms with Crippen molar-refractivity contribution in [1.29, 1.82) is 0 Å². The average Bonchev–Trinajstić information content (AvgIpc) is 2.26. The summed E-state index contributed by atoms with van der Waals surface area (Å²) >= 11 is 9.23. The number of unbranched alkanes of at least 4 members (excludes halogenated alkanes) is 3. The van der Waals surface area contributed by atoms with Gasteiger partial charge in [0, 0.05) is 10.4 Å². The Balaban J connectivity index is 2.23. The first kappa shape index (κ1) is 12.8. The first-order valence-corrected chi connectivity index (χ1v) is 6.81. The summed E-state index contributed by atoms with van der Waals surface area (Å²) in [5.41, 5.74) is 1.22. The topological polar surface area (TPSA) is 0 Å². The van der Waals surface area contributed by atoms with Gasteiger partial charge in [-0.1, -0.05) is 58.2 Å². The van der Waals surface area contributed by atoms with Crippen LogP contribution in [0.4, 0.5) is 0 Å². The van der Waals surface area contributed by atoms with Crippen molar-refractivity contribution in [3.05, 3.63) is 40.9 Å². The lowest BCUT2D eigenvalue weighted by atomic mass is 10.1. The Kier molecular flexibility index (Phi) is 6.78. The van der Waals surface area contributed by atoms with E-state index in [9.17, 15) is 0 Å². The lowest BCUT2D eigenvalue weighted by Crippen LogP contribution is -1.76. The molecule has 0 bridgehead atoms. The second kappa shape index (κ2) is 7.95. The van der Waals surface area contributed by atoms with E-state index < -0.39 is 0 Å². The molecule has 0 aliphatic heterocycles. The summed E-state index contributed by atoms with van der Waals surface area (Å²) in [5, 5.41) is 1.91. The molecule has 0 atom stereocenters. The van der Waals surface area contributed by atoms with E-state index in [4.69, 9.17) is 11.6 Å². The minimum atomic E-state index is 0.796. The summed E-state index contributed by atoms with van der Waals surface area (Å²) in [6.45, 7) is 0. The molecule has 1 aromatic rings. The maximum atomic E-state index is 5.80. The van der Waals surface area contributed by atoms with Crippen molar-refractivity contribution in [3.63, 3.8) is 0 Å². The van der Waals surface area contributed by atoms with Gasteiger partial charge in [0.05, 0.1) is 0 Å². The Morgan fingerprint density at radius 3 is 2.47 bits per heavy atom. The van der Waals surface area contributed by atoms with E-state index >= 15 is 0 Å². The summed E-state index contributed by atoms with van der Waals surface area (Å²) < 4.78 is 0. The molecule has 82 valence electrons. The SMILES string of the molecule is Clc1ccc(/C=C\CCCCCBr)cc1. The summed E-state index contributed by atoms with van der Waals surface area (Å²) in [6.07, 6.45) is 9.40. The Hall–Kier alpha value is -0.270. The number of alkyl halides is 1. The minimum absolute atomic E-state index is 0.796. The Bertz CT molecular complexity index is 290. The van der Waals surface area contributed by atoms with E-state index in [-0.39, 0.29) is 0 Å². The van der Waals surface area contributed by atoms with Crippen molar-refractivity contribution >= 4 is 33.6 Å². The molecular weight excluding hydrogens is 272 g/mol. The van der Waals surface area contributed by atoms with Crippen LogP contribution in [0.25, 0.3) is 6.08 Å². The lowest BCUT2D eigenvalue weighted by molar-refractivity contribution is 0.738. The molecule has 0 fully saturated rings. The van der Waals surface area contributed by atoms with Crippen molar-refractivity contribution in [3.8, 4) is 0 Å². The van der Waals surface area contributed by atoms with Gasteiger partial charge in [-0.3, -0.25) is 0 Å². The predicted molar refractivity (Wildman–Crippen MR) is 72.7 cm³/mol. The monoisotopic (exact) mass is 286 g/mol. The Labute approximate surface area is 105 Å². The van der Waals surface area contributed by atoms with Gasteiger partial charge in [0.1, 0.15) is 0 Å². The molecule has 0 saturated carbocycles. The number of hydrogen-bond acceptors (Lipinski definition) is 0. The van der Waals surface area contributed by atoms with Crippen LogP contribution in [-0.4, -0.2) is 5.33 Å². The van der Waals surface area contributed by atoms with Gasteiger partial charge in [-0.25, -0.2) is 0 Å². The maximum absolute atomic E-state index is 5.80. The number of hydrogen-bond donors (Lipinski definition) is 0. The van der Waals surface area contributed by atoms with Crippen LogP contribution in [-0.2, 0) is 0 Å². The first-order chi connectivity index (χ1) is 7.33. The van der Waals surface area contributed by atoms with Crippen molar-refractivity contribution in [1.82, 2.24) is 0 Å². The summed E-state index contributed by atoms with van der Waals surface area (Å²) in [5.74, 6) is 0. The van der Waals surface area contributed by atoms with Crippen LogP contribution < -0.4 is 0 Å². The van der Waals surface area contributed by atoms with Crippen molar-refractivity contribution in [2.75, 3.05) is 5.33 Å². The zero-order chi connectivity index (χ0) is 10.9. The first-order valence-electron chi connectivity index (χ1n) is 5.31. The van der Waals surface area contributed by atoms with Gasteiger partial charge < -0.3 is 0 Å². The molecule has 0 heterocycles. The Morgan fingerprint density at radius 2 is 1.80 bits per heavy atom. The van der Waals surface area contributed by atoms with Crippen LogP contribution in [0.1, 0.15) is 31.2 Å². The van der Waals surface area contributed by atoms with Gasteiger partial charge >= 0.3 is 0 Å². The predicted octanol–water partition coefficient (Wildman–Crippen LogP) is 5.31. The average molecular weight is 288 g/mol. The van der Waals surface area contributed by atoms with E-state index in [1.54, 1.807) is 0 Å².